The predicted octanol–water partition coefficient (Wildman–Crippen LogP) is 6.53. The molecular formula is C21H21BrClN3OS. The maximum atomic E-state index is 12.4. The molecule has 1 N–H and O–H groups in total. The van der Waals surface area contributed by atoms with E-state index in [1.165, 1.54) is 48.8 Å². The minimum absolute atomic E-state index is 0.113. The number of amides is 1. The average molecular weight is 479 g/mol. The van der Waals surface area contributed by atoms with Crippen LogP contribution in [0.25, 0.3) is 6.08 Å². The normalized spacial score (nSPS) is 20.5. The highest BCUT2D eigenvalue weighted by Gasteiger charge is 2.26. The molecule has 0 radical (unpaired) electrons. The maximum absolute atomic E-state index is 12.4. The molecule has 0 atom stereocenters. The Morgan fingerprint density at radius 1 is 1.29 bits per heavy atom. The topological polar surface area (TPSA) is 46.4 Å². The number of thioether (sulfide) groups is 1. The molecule has 2 heterocycles. The van der Waals surface area contributed by atoms with Crippen LogP contribution in [0.2, 0.25) is 5.02 Å². The lowest BCUT2D eigenvalue weighted by Gasteiger charge is -2.17. The molecule has 146 valence electrons. The van der Waals surface area contributed by atoms with Gasteiger partial charge in [-0.05, 0) is 90.3 Å². The number of rotatable bonds is 3. The molecule has 1 aromatic carbocycles. The number of halogens is 2. The highest BCUT2D eigenvalue weighted by molar-refractivity contribution is 9.10. The van der Waals surface area contributed by atoms with Gasteiger partial charge < -0.3 is 9.88 Å². The number of nitrogens with one attached hydrogen (secondary N) is 1. The van der Waals surface area contributed by atoms with Gasteiger partial charge in [-0.15, -0.1) is 0 Å². The Hall–Kier alpha value is -1.50. The van der Waals surface area contributed by atoms with Crippen LogP contribution in [-0.4, -0.2) is 15.6 Å². The van der Waals surface area contributed by atoms with Gasteiger partial charge >= 0.3 is 0 Å². The molecule has 1 aliphatic carbocycles. The number of amidine groups is 1. The summed E-state index contributed by atoms with van der Waals surface area (Å²) in [6, 6.07) is 8.24. The molecule has 4 nitrogen and oxygen atoms in total. The minimum Gasteiger partial charge on any atom is -0.346 e. The smallest absolute Gasteiger partial charge is 0.264 e. The van der Waals surface area contributed by atoms with Crippen molar-refractivity contribution >= 4 is 62.1 Å². The monoisotopic (exact) mass is 477 g/mol. The molecule has 1 saturated carbocycles. The first-order chi connectivity index (χ1) is 13.4. The third kappa shape index (κ3) is 3.95. The Morgan fingerprint density at radius 3 is 2.75 bits per heavy atom. The van der Waals surface area contributed by atoms with Crippen LogP contribution in [0.5, 0.6) is 0 Å². The summed E-state index contributed by atoms with van der Waals surface area (Å²) in [6.45, 7) is 4.30. The van der Waals surface area contributed by atoms with Crippen molar-refractivity contribution in [3.63, 3.8) is 0 Å². The fraction of sp³-hybridized carbons (Fsp3) is 0.333. The molecule has 1 aromatic heterocycles. The molecule has 0 spiro atoms. The Balaban J connectivity index is 1.59. The molecule has 2 fully saturated rings. The van der Waals surface area contributed by atoms with E-state index in [-0.39, 0.29) is 5.91 Å². The summed E-state index contributed by atoms with van der Waals surface area (Å²) in [4.78, 5) is 17.6. The predicted molar refractivity (Wildman–Crippen MR) is 121 cm³/mol. The highest BCUT2D eigenvalue weighted by Crippen LogP contribution is 2.35. The molecule has 2 aromatic rings. The van der Waals surface area contributed by atoms with Gasteiger partial charge in [-0.25, -0.2) is 4.99 Å². The van der Waals surface area contributed by atoms with Gasteiger partial charge in [-0.3, -0.25) is 4.79 Å². The van der Waals surface area contributed by atoms with E-state index in [0.717, 1.165) is 10.0 Å². The number of benzene rings is 1. The minimum atomic E-state index is -0.113. The summed E-state index contributed by atoms with van der Waals surface area (Å²) in [6.07, 6.45) is 7.07. The number of carbonyl (C=O) groups excluding carboxylic acids is 1. The second-order valence-electron chi connectivity index (χ2n) is 7.21. The summed E-state index contributed by atoms with van der Waals surface area (Å²) in [5.41, 5.74) is 4.31. The molecular weight excluding hydrogens is 458 g/mol. The average Bonchev–Trinajstić information content (AvgIpc) is 3.34. The standard InChI is InChI=1S/C21H21BrClN3OS/c1-12-9-14(13(2)26(12)16-5-3-4-6-16)10-19-20(27)25-21(28-19)24-15-7-8-17(22)18(23)11-15/h7-11,16H,3-6H2,1-2H3,(H,24,25,27)/b19-10-. The number of carbonyl (C=O) groups is 1. The van der Waals surface area contributed by atoms with Crippen molar-refractivity contribution in [1.82, 2.24) is 9.88 Å². The molecule has 1 saturated heterocycles. The number of hydrogen-bond acceptors (Lipinski definition) is 3. The van der Waals surface area contributed by atoms with Gasteiger partial charge in [0.2, 0.25) is 0 Å². The van der Waals surface area contributed by atoms with Crippen molar-refractivity contribution in [1.29, 1.82) is 0 Å². The number of aryl methyl sites for hydroxylation is 1. The van der Waals surface area contributed by atoms with Crippen LogP contribution in [0.4, 0.5) is 5.69 Å². The number of hydrogen-bond donors (Lipinski definition) is 1. The zero-order valence-corrected chi connectivity index (χ0v) is 18.9. The van der Waals surface area contributed by atoms with Crippen LogP contribution >= 0.6 is 39.3 Å². The van der Waals surface area contributed by atoms with E-state index in [0.29, 0.717) is 26.8 Å². The fourth-order valence-corrected chi connectivity index (χ4v) is 5.22. The van der Waals surface area contributed by atoms with Gasteiger partial charge in [0.15, 0.2) is 5.17 Å². The lowest BCUT2D eigenvalue weighted by molar-refractivity contribution is -0.115. The first-order valence-corrected chi connectivity index (χ1v) is 11.3. The van der Waals surface area contributed by atoms with Gasteiger partial charge in [-0.2, -0.15) is 0 Å². The zero-order valence-electron chi connectivity index (χ0n) is 15.8. The third-order valence-corrected chi connectivity index (χ3v) is 7.43. The highest BCUT2D eigenvalue weighted by atomic mass is 79.9. The Morgan fingerprint density at radius 2 is 2.04 bits per heavy atom. The van der Waals surface area contributed by atoms with E-state index in [4.69, 9.17) is 11.6 Å². The summed E-state index contributed by atoms with van der Waals surface area (Å²) < 4.78 is 3.26. The van der Waals surface area contributed by atoms with Gasteiger partial charge in [-0.1, -0.05) is 24.4 Å². The van der Waals surface area contributed by atoms with Crippen molar-refractivity contribution in [3.05, 3.63) is 55.6 Å². The van der Waals surface area contributed by atoms with Gasteiger partial charge in [0.1, 0.15) is 0 Å². The lowest BCUT2D eigenvalue weighted by atomic mass is 10.2. The van der Waals surface area contributed by atoms with Crippen LogP contribution < -0.4 is 5.32 Å². The largest absolute Gasteiger partial charge is 0.346 e. The first kappa shape index (κ1) is 19.8. The van der Waals surface area contributed by atoms with Crippen LogP contribution in [0, 0.1) is 13.8 Å². The number of aromatic nitrogens is 1. The third-order valence-electron chi connectivity index (χ3n) is 5.28. The van der Waals surface area contributed by atoms with Crippen LogP contribution in [0.15, 0.2) is 38.6 Å². The molecule has 0 bridgehead atoms. The van der Waals surface area contributed by atoms with E-state index < -0.39 is 0 Å². The molecule has 0 unspecified atom stereocenters. The molecule has 2 aliphatic rings. The number of aliphatic imine (C=N–C) groups is 1. The fourth-order valence-electron chi connectivity index (χ4n) is 3.97. The SMILES string of the molecule is Cc1cc(/C=C2\SC(=Nc3ccc(Br)c(Cl)c3)NC2=O)c(C)n1C1CCCC1. The van der Waals surface area contributed by atoms with Crippen LogP contribution in [0.1, 0.15) is 48.7 Å². The van der Waals surface area contributed by atoms with E-state index >= 15 is 0 Å². The summed E-state index contributed by atoms with van der Waals surface area (Å²) in [5.74, 6) is -0.113. The zero-order chi connectivity index (χ0) is 19.8. The summed E-state index contributed by atoms with van der Waals surface area (Å²) >= 11 is 10.9. The van der Waals surface area contributed by atoms with Gasteiger partial charge in [0.25, 0.3) is 5.91 Å². The van der Waals surface area contributed by atoms with Crippen molar-refractivity contribution in [2.24, 2.45) is 4.99 Å². The molecule has 7 heteroatoms. The Kier molecular flexibility index (Phi) is 5.72. The first-order valence-electron chi connectivity index (χ1n) is 9.35. The van der Waals surface area contributed by atoms with Crippen molar-refractivity contribution in [3.8, 4) is 0 Å². The lowest BCUT2D eigenvalue weighted by Crippen LogP contribution is -2.19. The molecule has 4 rings (SSSR count). The van der Waals surface area contributed by atoms with Crippen molar-refractivity contribution < 1.29 is 4.79 Å². The maximum Gasteiger partial charge on any atom is 0.264 e. The van der Waals surface area contributed by atoms with Crippen molar-refractivity contribution in [2.75, 3.05) is 0 Å². The van der Waals surface area contributed by atoms with Crippen LogP contribution in [-0.2, 0) is 4.79 Å². The molecule has 1 amide bonds. The quantitative estimate of drug-likeness (QED) is 0.510. The summed E-state index contributed by atoms with van der Waals surface area (Å²) in [5, 5.41) is 4.00. The molecule has 1 aliphatic heterocycles. The van der Waals surface area contributed by atoms with E-state index in [1.807, 2.05) is 18.2 Å². The van der Waals surface area contributed by atoms with Crippen LogP contribution in [0.3, 0.4) is 0 Å². The Bertz CT molecular complexity index is 1010. The summed E-state index contributed by atoms with van der Waals surface area (Å²) in [7, 11) is 0. The van der Waals surface area contributed by atoms with Crippen molar-refractivity contribution in [2.45, 2.75) is 45.6 Å². The second kappa shape index (κ2) is 8.09. The second-order valence-corrected chi connectivity index (χ2v) is 9.51. The van der Waals surface area contributed by atoms with Gasteiger partial charge in [0.05, 0.1) is 15.6 Å². The van der Waals surface area contributed by atoms with E-state index in [9.17, 15) is 4.79 Å². The number of nitrogens with zero attached hydrogens (tertiary/aromatic N) is 2. The Labute approximate surface area is 182 Å². The van der Waals surface area contributed by atoms with Gasteiger partial charge in [0, 0.05) is 21.9 Å². The van der Waals surface area contributed by atoms with E-state index in [1.54, 1.807) is 6.07 Å². The van der Waals surface area contributed by atoms with E-state index in [2.05, 4.69) is 50.7 Å². The molecule has 28 heavy (non-hydrogen) atoms.